The van der Waals surface area contributed by atoms with Gasteiger partial charge in [-0.05, 0) is 29.8 Å². The zero-order valence-electron chi connectivity index (χ0n) is 11.0. The van der Waals surface area contributed by atoms with E-state index in [1.54, 1.807) is 30.3 Å². The van der Waals surface area contributed by atoms with Crippen molar-refractivity contribution < 1.29 is 14.7 Å². The molecule has 0 saturated heterocycles. The van der Waals surface area contributed by atoms with Crippen LogP contribution in [0.1, 0.15) is 27.0 Å². The fraction of sp³-hybridized carbons (Fsp3) is 0. The molecule has 0 unspecified atom stereocenters. The second-order valence-corrected chi connectivity index (χ2v) is 4.28. The third-order valence-electron chi connectivity index (χ3n) is 2.88. The molecule has 0 amide bonds. The van der Waals surface area contributed by atoms with E-state index in [2.05, 4.69) is 0 Å². The van der Waals surface area contributed by atoms with Gasteiger partial charge in [-0.2, -0.15) is 5.26 Å². The van der Waals surface area contributed by atoms with Gasteiger partial charge in [-0.1, -0.05) is 30.3 Å². The molecule has 4 heteroatoms. The molecule has 0 radical (unpaired) electrons. The summed E-state index contributed by atoms with van der Waals surface area (Å²) in [6, 6.07) is 15.3. The predicted octanol–water partition coefficient (Wildman–Crippen LogP) is 2.89. The number of nitriles is 1. The smallest absolute Gasteiger partial charge is 0.328 e. The minimum absolute atomic E-state index is 0.176. The number of carbonyl (C=O) groups excluding carboxylic acids is 1. The van der Waals surface area contributed by atoms with Crippen LogP contribution in [-0.2, 0) is 4.79 Å². The topological polar surface area (TPSA) is 78.2 Å². The fourth-order valence-corrected chi connectivity index (χ4v) is 1.86. The van der Waals surface area contributed by atoms with Crippen LogP contribution in [0.5, 0.6) is 0 Å². The van der Waals surface area contributed by atoms with Crippen molar-refractivity contribution in [3.05, 3.63) is 76.9 Å². The summed E-state index contributed by atoms with van der Waals surface area (Å²) in [4.78, 5) is 22.9. The summed E-state index contributed by atoms with van der Waals surface area (Å²) in [5.74, 6) is -1.29. The molecule has 0 spiro atoms. The molecule has 0 atom stereocenters. The van der Waals surface area contributed by atoms with Crippen molar-refractivity contribution >= 4 is 17.8 Å². The van der Waals surface area contributed by atoms with Crippen LogP contribution in [0.2, 0.25) is 0 Å². The molecule has 0 aliphatic carbocycles. The van der Waals surface area contributed by atoms with Crippen LogP contribution < -0.4 is 0 Å². The predicted molar refractivity (Wildman–Crippen MR) is 77.7 cm³/mol. The van der Waals surface area contributed by atoms with Crippen molar-refractivity contribution in [3.63, 3.8) is 0 Å². The van der Waals surface area contributed by atoms with E-state index in [0.717, 1.165) is 6.08 Å². The maximum atomic E-state index is 12.3. The number of carboxylic acid groups (broad SMARTS) is 1. The quantitative estimate of drug-likeness (QED) is 0.688. The molecule has 4 nitrogen and oxygen atoms in total. The number of benzene rings is 2. The summed E-state index contributed by atoms with van der Waals surface area (Å²) >= 11 is 0. The highest BCUT2D eigenvalue weighted by Gasteiger charge is 2.10. The fourth-order valence-electron chi connectivity index (χ4n) is 1.86. The first kappa shape index (κ1) is 14.2. The number of carbonyl (C=O) groups is 2. The average molecular weight is 277 g/mol. The Morgan fingerprint density at radius 3 is 2.38 bits per heavy atom. The second kappa shape index (κ2) is 6.31. The average Bonchev–Trinajstić information content (AvgIpc) is 2.52. The summed E-state index contributed by atoms with van der Waals surface area (Å²) < 4.78 is 0. The Morgan fingerprint density at radius 1 is 1.05 bits per heavy atom. The monoisotopic (exact) mass is 277 g/mol. The number of carboxylic acids is 1. The van der Waals surface area contributed by atoms with Gasteiger partial charge < -0.3 is 5.11 Å². The van der Waals surface area contributed by atoms with Gasteiger partial charge in [-0.3, -0.25) is 4.79 Å². The first-order valence-electron chi connectivity index (χ1n) is 6.16. The molecule has 0 heterocycles. The van der Waals surface area contributed by atoms with Crippen molar-refractivity contribution in [1.29, 1.82) is 5.26 Å². The van der Waals surface area contributed by atoms with Crippen molar-refractivity contribution in [3.8, 4) is 6.07 Å². The standard InChI is InChI=1S/C17H11NO3/c18-11-15-7-6-14(10-13(15)8-9-16(19)20)17(21)12-4-2-1-3-5-12/h1-10H,(H,19,20). The van der Waals surface area contributed by atoms with Crippen molar-refractivity contribution in [2.45, 2.75) is 0 Å². The number of ketones is 1. The minimum atomic E-state index is -1.11. The minimum Gasteiger partial charge on any atom is -0.478 e. The molecule has 1 N–H and O–H groups in total. The summed E-state index contributed by atoms with van der Waals surface area (Å²) in [5.41, 5.74) is 1.67. The summed E-state index contributed by atoms with van der Waals surface area (Å²) in [6.07, 6.45) is 2.25. The third-order valence-corrected chi connectivity index (χ3v) is 2.88. The van der Waals surface area contributed by atoms with Crippen LogP contribution in [0.3, 0.4) is 0 Å². The Labute approximate surface area is 121 Å². The lowest BCUT2D eigenvalue weighted by molar-refractivity contribution is -0.131. The van der Waals surface area contributed by atoms with Gasteiger partial charge >= 0.3 is 5.97 Å². The highest BCUT2D eigenvalue weighted by molar-refractivity contribution is 6.09. The number of aliphatic carboxylic acids is 1. The number of nitrogens with zero attached hydrogens (tertiary/aromatic N) is 1. The zero-order chi connectivity index (χ0) is 15.2. The lowest BCUT2D eigenvalue weighted by Gasteiger charge is -2.04. The van der Waals surface area contributed by atoms with Crippen LogP contribution in [0.25, 0.3) is 6.08 Å². The van der Waals surface area contributed by atoms with Gasteiger partial charge in [0.05, 0.1) is 11.6 Å². The molecule has 0 aromatic heterocycles. The molecule has 0 aliphatic rings. The summed E-state index contributed by atoms with van der Waals surface area (Å²) in [5, 5.41) is 17.7. The van der Waals surface area contributed by atoms with Crippen molar-refractivity contribution in [1.82, 2.24) is 0 Å². The van der Waals surface area contributed by atoms with Crippen LogP contribution in [0.15, 0.2) is 54.6 Å². The van der Waals surface area contributed by atoms with Crippen LogP contribution in [0.4, 0.5) is 0 Å². The van der Waals surface area contributed by atoms with E-state index in [-0.39, 0.29) is 5.78 Å². The maximum Gasteiger partial charge on any atom is 0.328 e. The van der Waals surface area contributed by atoms with Gasteiger partial charge in [0.2, 0.25) is 0 Å². The number of rotatable bonds is 4. The molecule has 0 aliphatic heterocycles. The zero-order valence-corrected chi connectivity index (χ0v) is 11.0. The maximum absolute atomic E-state index is 12.3. The first-order chi connectivity index (χ1) is 10.1. The Balaban J connectivity index is 2.43. The van der Waals surface area contributed by atoms with Crippen molar-refractivity contribution in [2.75, 3.05) is 0 Å². The van der Waals surface area contributed by atoms with E-state index in [9.17, 15) is 9.59 Å². The van der Waals surface area contributed by atoms with Crippen LogP contribution in [0, 0.1) is 11.3 Å². The van der Waals surface area contributed by atoms with Gasteiger partial charge in [0.15, 0.2) is 5.78 Å². The molecule has 21 heavy (non-hydrogen) atoms. The first-order valence-corrected chi connectivity index (χ1v) is 6.16. The highest BCUT2D eigenvalue weighted by Crippen LogP contribution is 2.16. The highest BCUT2D eigenvalue weighted by atomic mass is 16.4. The summed E-state index contributed by atoms with van der Waals surface area (Å²) in [6.45, 7) is 0. The summed E-state index contributed by atoms with van der Waals surface area (Å²) in [7, 11) is 0. The molecule has 0 fully saturated rings. The van der Waals surface area contributed by atoms with E-state index in [1.165, 1.54) is 18.2 Å². The van der Waals surface area contributed by atoms with Gasteiger partial charge in [-0.15, -0.1) is 0 Å². The number of hydrogen-bond donors (Lipinski definition) is 1. The molecule has 2 rings (SSSR count). The van der Waals surface area contributed by atoms with Crippen LogP contribution >= 0.6 is 0 Å². The van der Waals surface area contributed by atoms with Gasteiger partial charge in [0.1, 0.15) is 0 Å². The molecule has 0 saturated carbocycles. The normalized spacial score (nSPS) is 10.2. The van der Waals surface area contributed by atoms with Gasteiger partial charge in [0.25, 0.3) is 0 Å². The van der Waals surface area contributed by atoms with E-state index in [1.807, 2.05) is 12.1 Å². The molecular formula is C17H11NO3. The van der Waals surface area contributed by atoms with E-state index in [0.29, 0.717) is 22.3 Å². The lowest BCUT2D eigenvalue weighted by Crippen LogP contribution is -2.02. The lowest BCUT2D eigenvalue weighted by atomic mass is 9.98. The van der Waals surface area contributed by atoms with Crippen LogP contribution in [-0.4, -0.2) is 16.9 Å². The van der Waals surface area contributed by atoms with Gasteiger partial charge in [0, 0.05) is 17.2 Å². The molecule has 0 bridgehead atoms. The van der Waals surface area contributed by atoms with Gasteiger partial charge in [-0.25, -0.2) is 4.79 Å². The largest absolute Gasteiger partial charge is 0.478 e. The van der Waals surface area contributed by atoms with E-state index >= 15 is 0 Å². The second-order valence-electron chi connectivity index (χ2n) is 4.28. The Kier molecular flexibility index (Phi) is 4.27. The molecule has 2 aromatic carbocycles. The Morgan fingerprint density at radius 2 is 1.76 bits per heavy atom. The van der Waals surface area contributed by atoms with E-state index < -0.39 is 5.97 Å². The third kappa shape index (κ3) is 3.43. The molecular weight excluding hydrogens is 266 g/mol. The Bertz CT molecular complexity index is 755. The van der Waals surface area contributed by atoms with Crippen molar-refractivity contribution in [2.24, 2.45) is 0 Å². The Hall–Kier alpha value is -3.19. The van der Waals surface area contributed by atoms with E-state index in [4.69, 9.17) is 10.4 Å². The molecule has 102 valence electrons. The molecule has 2 aromatic rings. The number of hydrogen-bond acceptors (Lipinski definition) is 3. The SMILES string of the molecule is N#Cc1ccc(C(=O)c2ccccc2)cc1C=CC(=O)O.